The second kappa shape index (κ2) is 6.54. The molecule has 7 heteroatoms. The highest BCUT2D eigenvalue weighted by molar-refractivity contribution is 7.16. The molecule has 0 atom stereocenters. The molecule has 0 unspecified atom stereocenters. The number of rotatable bonds is 4. The molecule has 2 N–H and O–H groups in total. The van der Waals surface area contributed by atoms with Crippen LogP contribution in [0, 0.1) is 0 Å². The number of hydrogen-bond acceptors (Lipinski definition) is 5. The maximum Gasteiger partial charge on any atom is 0.307 e. The first-order valence-corrected chi connectivity index (χ1v) is 9.54. The molecule has 2 aromatic carbocycles. The minimum atomic E-state index is -0.856. The van der Waals surface area contributed by atoms with Crippen molar-refractivity contribution in [2.45, 2.75) is 6.42 Å². The lowest BCUT2D eigenvalue weighted by atomic mass is 10.1. The Labute approximate surface area is 163 Å². The Hall–Kier alpha value is -3.58. The molecule has 0 saturated heterocycles. The molecule has 0 aliphatic rings. The van der Waals surface area contributed by atoms with E-state index in [0.717, 1.165) is 38.0 Å². The topological polar surface area (TPSA) is 91.8 Å². The molecule has 0 amide bonds. The number of H-pyrrole nitrogens is 1. The van der Waals surface area contributed by atoms with Crippen LogP contribution in [0.5, 0.6) is 0 Å². The number of aliphatic carboxylic acids is 1. The van der Waals surface area contributed by atoms with Crippen LogP contribution in [-0.4, -0.2) is 31.0 Å². The quantitative estimate of drug-likeness (QED) is 0.473. The SMILES string of the molecule is O=C(O)Cc1cccc(-c2cnc3[nH]cc(-c4ccc5ncsc5c4)c3n2)c1. The lowest BCUT2D eigenvalue weighted by Gasteiger charge is -2.05. The maximum absolute atomic E-state index is 11.0. The summed E-state index contributed by atoms with van der Waals surface area (Å²) in [7, 11) is 0. The van der Waals surface area contributed by atoms with Crippen molar-refractivity contribution in [1.29, 1.82) is 0 Å². The third-order valence-corrected chi connectivity index (χ3v) is 5.39. The number of carbonyl (C=O) groups is 1. The van der Waals surface area contributed by atoms with Gasteiger partial charge in [0, 0.05) is 17.3 Å². The average molecular weight is 386 g/mol. The van der Waals surface area contributed by atoms with Gasteiger partial charge >= 0.3 is 5.97 Å². The summed E-state index contributed by atoms with van der Waals surface area (Å²) in [5.41, 5.74) is 8.63. The van der Waals surface area contributed by atoms with Crippen LogP contribution in [0.2, 0.25) is 0 Å². The number of thiazole rings is 1. The molecule has 0 bridgehead atoms. The van der Waals surface area contributed by atoms with Crippen molar-refractivity contribution in [3.63, 3.8) is 0 Å². The van der Waals surface area contributed by atoms with Crippen LogP contribution >= 0.6 is 11.3 Å². The van der Waals surface area contributed by atoms with E-state index in [1.54, 1.807) is 23.6 Å². The number of nitrogens with one attached hydrogen (secondary N) is 1. The largest absolute Gasteiger partial charge is 0.481 e. The molecular formula is C21H14N4O2S. The minimum absolute atomic E-state index is 0.0201. The van der Waals surface area contributed by atoms with Gasteiger partial charge in [0.15, 0.2) is 5.65 Å². The van der Waals surface area contributed by atoms with E-state index in [-0.39, 0.29) is 6.42 Å². The molecule has 5 rings (SSSR count). The lowest BCUT2D eigenvalue weighted by Crippen LogP contribution is -2.00. The molecule has 136 valence electrons. The zero-order valence-electron chi connectivity index (χ0n) is 14.6. The summed E-state index contributed by atoms with van der Waals surface area (Å²) in [6.45, 7) is 0. The summed E-state index contributed by atoms with van der Waals surface area (Å²) < 4.78 is 1.12. The molecule has 0 fully saturated rings. The maximum atomic E-state index is 11.0. The monoisotopic (exact) mass is 386 g/mol. The van der Waals surface area contributed by atoms with Crippen LogP contribution in [0.25, 0.3) is 43.8 Å². The van der Waals surface area contributed by atoms with E-state index in [4.69, 9.17) is 10.1 Å². The number of nitrogens with zero attached hydrogens (tertiary/aromatic N) is 3. The van der Waals surface area contributed by atoms with Gasteiger partial charge < -0.3 is 10.1 Å². The number of carboxylic acids is 1. The Morgan fingerprint density at radius 2 is 2.04 bits per heavy atom. The fourth-order valence-corrected chi connectivity index (χ4v) is 4.00. The molecule has 0 spiro atoms. The fourth-order valence-electron chi connectivity index (χ4n) is 3.29. The molecule has 28 heavy (non-hydrogen) atoms. The van der Waals surface area contributed by atoms with Crippen LogP contribution < -0.4 is 0 Å². The molecular weight excluding hydrogens is 372 g/mol. The molecule has 6 nitrogen and oxygen atoms in total. The number of aromatic amines is 1. The normalized spacial score (nSPS) is 11.3. The van der Waals surface area contributed by atoms with Crippen molar-refractivity contribution in [3.8, 4) is 22.4 Å². The van der Waals surface area contributed by atoms with Crippen molar-refractivity contribution in [1.82, 2.24) is 19.9 Å². The first-order chi connectivity index (χ1) is 13.7. The Morgan fingerprint density at radius 3 is 2.93 bits per heavy atom. The van der Waals surface area contributed by atoms with E-state index in [0.29, 0.717) is 11.3 Å². The number of carboxylic acid groups (broad SMARTS) is 1. The van der Waals surface area contributed by atoms with Crippen molar-refractivity contribution >= 4 is 38.7 Å². The summed E-state index contributed by atoms with van der Waals surface area (Å²) >= 11 is 1.61. The number of aromatic nitrogens is 4. The predicted molar refractivity (Wildman–Crippen MR) is 109 cm³/mol. The smallest absolute Gasteiger partial charge is 0.307 e. The third kappa shape index (κ3) is 2.91. The van der Waals surface area contributed by atoms with Gasteiger partial charge in [0.25, 0.3) is 0 Å². The first-order valence-electron chi connectivity index (χ1n) is 8.66. The Balaban J connectivity index is 1.61. The van der Waals surface area contributed by atoms with Crippen LogP contribution in [0.4, 0.5) is 0 Å². The van der Waals surface area contributed by atoms with E-state index in [1.807, 2.05) is 42.0 Å². The summed E-state index contributed by atoms with van der Waals surface area (Å²) in [5, 5.41) is 9.03. The van der Waals surface area contributed by atoms with Crippen molar-refractivity contribution in [2.75, 3.05) is 0 Å². The van der Waals surface area contributed by atoms with Crippen LogP contribution in [0.1, 0.15) is 5.56 Å². The average Bonchev–Trinajstić information content (AvgIpc) is 3.33. The Morgan fingerprint density at radius 1 is 1.11 bits per heavy atom. The highest BCUT2D eigenvalue weighted by Crippen LogP contribution is 2.31. The molecule has 3 heterocycles. The van der Waals surface area contributed by atoms with Gasteiger partial charge in [-0.15, -0.1) is 11.3 Å². The molecule has 0 radical (unpaired) electrons. The molecule has 0 aliphatic carbocycles. The fraction of sp³-hybridized carbons (Fsp3) is 0.0476. The summed E-state index contributed by atoms with van der Waals surface area (Å²) in [5.74, 6) is -0.856. The predicted octanol–water partition coefficient (Wildman–Crippen LogP) is 4.53. The second-order valence-electron chi connectivity index (χ2n) is 6.46. The van der Waals surface area contributed by atoms with E-state index in [9.17, 15) is 4.79 Å². The van der Waals surface area contributed by atoms with Gasteiger partial charge in [-0.3, -0.25) is 4.79 Å². The van der Waals surface area contributed by atoms with Gasteiger partial charge in [-0.2, -0.15) is 0 Å². The minimum Gasteiger partial charge on any atom is -0.481 e. The summed E-state index contributed by atoms with van der Waals surface area (Å²) in [6, 6.07) is 13.6. The highest BCUT2D eigenvalue weighted by Gasteiger charge is 2.12. The van der Waals surface area contributed by atoms with Crippen LogP contribution in [0.3, 0.4) is 0 Å². The van der Waals surface area contributed by atoms with E-state index < -0.39 is 5.97 Å². The van der Waals surface area contributed by atoms with Gasteiger partial charge in [0.1, 0.15) is 5.52 Å². The number of hydrogen-bond donors (Lipinski definition) is 2. The second-order valence-corrected chi connectivity index (χ2v) is 7.35. The van der Waals surface area contributed by atoms with Crippen LogP contribution in [0.15, 0.2) is 60.4 Å². The molecule has 5 aromatic rings. The van der Waals surface area contributed by atoms with Crippen molar-refractivity contribution in [2.24, 2.45) is 0 Å². The molecule has 0 saturated carbocycles. The van der Waals surface area contributed by atoms with Gasteiger partial charge in [-0.05, 0) is 29.3 Å². The molecule has 0 aliphatic heterocycles. The number of benzene rings is 2. The Bertz CT molecular complexity index is 1340. The van der Waals surface area contributed by atoms with Crippen molar-refractivity contribution < 1.29 is 9.90 Å². The third-order valence-electron chi connectivity index (χ3n) is 4.60. The first kappa shape index (κ1) is 16.6. The summed E-state index contributed by atoms with van der Waals surface area (Å²) in [4.78, 5) is 27.8. The zero-order chi connectivity index (χ0) is 19.1. The number of fused-ring (bicyclic) bond motifs is 2. The van der Waals surface area contributed by atoms with E-state index in [1.165, 1.54) is 0 Å². The van der Waals surface area contributed by atoms with Crippen molar-refractivity contribution in [3.05, 3.63) is 65.9 Å². The molecule has 3 aromatic heterocycles. The highest BCUT2D eigenvalue weighted by atomic mass is 32.1. The van der Waals surface area contributed by atoms with E-state index in [2.05, 4.69) is 21.0 Å². The van der Waals surface area contributed by atoms with Gasteiger partial charge in [0.2, 0.25) is 0 Å². The zero-order valence-corrected chi connectivity index (χ0v) is 15.4. The van der Waals surface area contributed by atoms with Crippen LogP contribution in [-0.2, 0) is 11.2 Å². The Kier molecular flexibility index (Phi) is 3.87. The van der Waals surface area contributed by atoms with E-state index >= 15 is 0 Å². The standard InChI is InChI=1S/C21H14N4O2S/c26-19(27)7-12-2-1-3-14(6-12)17-10-23-21-20(25-17)15(9-22-21)13-4-5-16-18(8-13)28-11-24-16/h1-6,8-11H,7H2,(H,22,23)(H,26,27). The van der Waals surface area contributed by atoms with Gasteiger partial charge in [-0.25, -0.2) is 15.0 Å². The van der Waals surface area contributed by atoms with Gasteiger partial charge in [-0.1, -0.05) is 24.3 Å². The van der Waals surface area contributed by atoms with Gasteiger partial charge in [0.05, 0.1) is 34.0 Å². The lowest BCUT2D eigenvalue weighted by molar-refractivity contribution is -0.136. The summed E-state index contributed by atoms with van der Waals surface area (Å²) in [6.07, 6.45) is 3.60.